The molecule has 2 atom stereocenters. The van der Waals surface area contributed by atoms with Crippen molar-refractivity contribution in [3.8, 4) is 0 Å². The number of nitrogens with zero attached hydrogens (tertiary/aromatic N) is 3. The molecule has 1 saturated heterocycles. The molecule has 5 heteroatoms. The fraction of sp³-hybridized carbons (Fsp3) is 0.600. The van der Waals surface area contributed by atoms with E-state index in [1.54, 1.807) is 0 Å². The van der Waals surface area contributed by atoms with Gasteiger partial charge in [-0.25, -0.2) is 9.97 Å². The molecule has 0 amide bonds. The van der Waals surface area contributed by atoms with Gasteiger partial charge in [-0.1, -0.05) is 18.2 Å². The monoisotopic (exact) mass is 341 g/mol. The number of para-hydroxylation sites is 1. The van der Waals surface area contributed by atoms with E-state index in [-0.39, 0.29) is 17.6 Å². The van der Waals surface area contributed by atoms with Crippen molar-refractivity contribution in [3.05, 3.63) is 35.8 Å². The average Bonchev–Trinajstić information content (AvgIpc) is 2.62. The summed E-state index contributed by atoms with van der Waals surface area (Å²) in [5.74, 6) is 0.891. The van der Waals surface area contributed by atoms with Crippen molar-refractivity contribution in [2.45, 2.75) is 51.9 Å². The van der Waals surface area contributed by atoms with E-state index in [0.717, 1.165) is 67.9 Å². The van der Waals surface area contributed by atoms with E-state index in [1.165, 1.54) is 0 Å². The van der Waals surface area contributed by atoms with Gasteiger partial charge < -0.3 is 9.84 Å². The van der Waals surface area contributed by atoms with Crippen LogP contribution in [0.2, 0.25) is 0 Å². The number of ether oxygens (including phenoxy) is 1. The summed E-state index contributed by atoms with van der Waals surface area (Å²) in [5.41, 5.74) is 2.04. The maximum Gasteiger partial charge on any atom is 0.143 e. The highest BCUT2D eigenvalue weighted by atomic mass is 16.5. The first-order valence-corrected chi connectivity index (χ1v) is 9.36. The van der Waals surface area contributed by atoms with Crippen LogP contribution in [0.4, 0.5) is 0 Å². The van der Waals surface area contributed by atoms with E-state index in [4.69, 9.17) is 14.7 Å². The molecule has 1 aromatic carbocycles. The van der Waals surface area contributed by atoms with E-state index < -0.39 is 0 Å². The number of hydrogen-bond acceptors (Lipinski definition) is 5. The van der Waals surface area contributed by atoms with Crippen LogP contribution in [0.25, 0.3) is 10.9 Å². The zero-order valence-electron chi connectivity index (χ0n) is 15.1. The fourth-order valence-corrected chi connectivity index (χ4v) is 4.51. The Bertz CT molecular complexity index is 754. The Labute approximate surface area is 149 Å². The fourth-order valence-electron chi connectivity index (χ4n) is 4.51. The Morgan fingerprint density at radius 2 is 2.00 bits per heavy atom. The van der Waals surface area contributed by atoms with Gasteiger partial charge >= 0.3 is 0 Å². The van der Waals surface area contributed by atoms with Crippen LogP contribution in [-0.2, 0) is 11.3 Å². The molecule has 2 aromatic rings. The van der Waals surface area contributed by atoms with Crippen LogP contribution in [-0.4, -0.2) is 51.9 Å². The summed E-state index contributed by atoms with van der Waals surface area (Å²) in [5, 5.41) is 11.5. The van der Waals surface area contributed by atoms with E-state index in [1.807, 2.05) is 19.1 Å². The first-order valence-electron chi connectivity index (χ1n) is 9.36. The quantitative estimate of drug-likeness (QED) is 0.926. The lowest BCUT2D eigenvalue weighted by Crippen LogP contribution is -2.62. The van der Waals surface area contributed by atoms with Crippen LogP contribution in [0.15, 0.2) is 24.3 Å². The second-order valence-electron chi connectivity index (χ2n) is 7.45. The van der Waals surface area contributed by atoms with E-state index >= 15 is 0 Å². The van der Waals surface area contributed by atoms with E-state index in [0.29, 0.717) is 0 Å². The number of aliphatic hydroxyl groups excluding tert-OH is 1. The molecule has 4 rings (SSSR count). The second-order valence-corrected chi connectivity index (χ2v) is 7.45. The lowest BCUT2D eigenvalue weighted by molar-refractivity contribution is -0.210. The van der Waals surface area contributed by atoms with Gasteiger partial charge in [-0.15, -0.1) is 0 Å². The van der Waals surface area contributed by atoms with Gasteiger partial charge in [0, 0.05) is 29.5 Å². The second kappa shape index (κ2) is 6.63. The molecule has 1 aliphatic carbocycles. The Hall–Kier alpha value is -1.56. The van der Waals surface area contributed by atoms with Gasteiger partial charge in [-0.05, 0) is 45.8 Å². The molecule has 1 N–H and O–H groups in total. The number of aliphatic hydroxyl groups is 1. The van der Waals surface area contributed by atoms with Crippen molar-refractivity contribution in [3.63, 3.8) is 0 Å². The summed E-state index contributed by atoms with van der Waals surface area (Å²) < 4.78 is 5.86. The highest BCUT2D eigenvalue weighted by Gasteiger charge is 2.55. The molecule has 25 heavy (non-hydrogen) atoms. The summed E-state index contributed by atoms with van der Waals surface area (Å²) in [7, 11) is 0. The van der Waals surface area contributed by atoms with Crippen molar-refractivity contribution in [1.82, 2.24) is 14.9 Å². The number of aromatic nitrogens is 2. The van der Waals surface area contributed by atoms with Crippen molar-refractivity contribution in [1.29, 1.82) is 0 Å². The molecule has 1 aliphatic heterocycles. The van der Waals surface area contributed by atoms with Gasteiger partial charge in [0.05, 0.1) is 24.3 Å². The number of likely N-dealkylation sites (tertiary alicyclic amines) is 1. The van der Waals surface area contributed by atoms with Gasteiger partial charge in [0.25, 0.3) is 0 Å². The maximum atomic E-state index is 10.3. The van der Waals surface area contributed by atoms with Crippen molar-refractivity contribution in [2.24, 2.45) is 5.41 Å². The van der Waals surface area contributed by atoms with Crippen LogP contribution in [0.5, 0.6) is 0 Å². The number of rotatable bonds is 4. The molecule has 2 unspecified atom stereocenters. The minimum atomic E-state index is -0.203. The van der Waals surface area contributed by atoms with Gasteiger partial charge in [0.15, 0.2) is 0 Å². The maximum absolute atomic E-state index is 10.3. The zero-order valence-corrected chi connectivity index (χ0v) is 15.1. The number of hydrogen-bond donors (Lipinski definition) is 1. The molecule has 5 nitrogen and oxygen atoms in total. The largest absolute Gasteiger partial charge is 0.392 e. The molecule has 1 saturated carbocycles. The third-order valence-corrected chi connectivity index (χ3v) is 6.10. The molecule has 134 valence electrons. The van der Waals surface area contributed by atoms with Gasteiger partial charge in [0.1, 0.15) is 5.82 Å². The summed E-state index contributed by atoms with van der Waals surface area (Å²) in [4.78, 5) is 11.8. The van der Waals surface area contributed by atoms with Crippen LogP contribution < -0.4 is 0 Å². The molecule has 0 radical (unpaired) electrons. The molecule has 1 aromatic heterocycles. The topological polar surface area (TPSA) is 58.5 Å². The Morgan fingerprint density at radius 1 is 1.24 bits per heavy atom. The van der Waals surface area contributed by atoms with E-state index in [2.05, 4.69) is 24.0 Å². The summed E-state index contributed by atoms with van der Waals surface area (Å²) in [6, 6.07) is 8.18. The van der Waals surface area contributed by atoms with E-state index in [9.17, 15) is 5.11 Å². The standard InChI is InChI=1S/C20H27N3O2/c1-3-25-18-12-17(24)20(18)8-10-23(11-9-20)13-19-21-14(2)15-6-4-5-7-16(15)22-19/h4-7,17-18,24H,3,8-13H2,1-2H3. The first kappa shape index (κ1) is 16.9. The lowest BCUT2D eigenvalue weighted by Gasteiger charge is -2.56. The molecular weight excluding hydrogens is 314 g/mol. The van der Waals surface area contributed by atoms with Crippen LogP contribution in [0, 0.1) is 12.3 Å². The Kier molecular flexibility index (Phi) is 4.48. The molecule has 2 aliphatic rings. The normalized spacial score (nSPS) is 26.0. The predicted octanol–water partition coefficient (Wildman–Crippen LogP) is 2.69. The zero-order chi connectivity index (χ0) is 17.4. The summed E-state index contributed by atoms with van der Waals surface area (Å²) in [6.45, 7) is 7.53. The number of piperidine rings is 1. The summed E-state index contributed by atoms with van der Waals surface area (Å²) >= 11 is 0. The molecule has 2 fully saturated rings. The van der Waals surface area contributed by atoms with Crippen LogP contribution in [0.3, 0.4) is 0 Å². The number of fused-ring (bicyclic) bond motifs is 1. The highest BCUT2D eigenvalue weighted by Crippen LogP contribution is 2.51. The molecule has 0 bridgehead atoms. The first-order chi connectivity index (χ1) is 12.1. The third-order valence-electron chi connectivity index (χ3n) is 6.10. The van der Waals surface area contributed by atoms with Crippen LogP contribution >= 0.6 is 0 Å². The van der Waals surface area contributed by atoms with Crippen LogP contribution in [0.1, 0.15) is 37.7 Å². The average molecular weight is 341 g/mol. The van der Waals surface area contributed by atoms with Gasteiger partial charge in [0.2, 0.25) is 0 Å². The number of benzene rings is 1. The number of aryl methyl sites for hydroxylation is 1. The predicted molar refractivity (Wildman–Crippen MR) is 97.3 cm³/mol. The lowest BCUT2D eigenvalue weighted by atomic mass is 9.58. The molecule has 2 heterocycles. The third kappa shape index (κ3) is 2.94. The van der Waals surface area contributed by atoms with Gasteiger partial charge in [-0.3, -0.25) is 4.90 Å². The minimum Gasteiger partial charge on any atom is -0.392 e. The summed E-state index contributed by atoms with van der Waals surface area (Å²) in [6.07, 6.45) is 2.80. The molecular formula is C20H27N3O2. The smallest absolute Gasteiger partial charge is 0.143 e. The van der Waals surface area contributed by atoms with Gasteiger partial charge in [-0.2, -0.15) is 0 Å². The molecule has 1 spiro atoms. The van der Waals surface area contributed by atoms with Crippen molar-refractivity contribution in [2.75, 3.05) is 19.7 Å². The van der Waals surface area contributed by atoms with Crippen molar-refractivity contribution >= 4 is 10.9 Å². The van der Waals surface area contributed by atoms with Crippen molar-refractivity contribution < 1.29 is 9.84 Å². The SMILES string of the molecule is CCOC1CC(O)C12CCN(Cc1nc(C)c3ccccc3n1)CC2. The minimum absolute atomic E-state index is 0.0212. The Morgan fingerprint density at radius 3 is 2.72 bits per heavy atom. The highest BCUT2D eigenvalue weighted by molar-refractivity contribution is 5.80. The Balaban J connectivity index is 1.44.